The van der Waals surface area contributed by atoms with Gasteiger partial charge in [-0.1, -0.05) is 6.07 Å². The van der Waals surface area contributed by atoms with Gasteiger partial charge >= 0.3 is 0 Å². The van der Waals surface area contributed by atoms with E-state index in [0.717, 1.165) is 35.6 Å². The van der Waals surface area contributed by atoms with Crippen molar-refractivity contribution in [3.63, 3.8) is 0 Å². The van der Waals surface area contributed by atoms with Crippen LogP contribution in [0.25, 0.3) is 11.3 Å². The molecular weight excluding hydrogens is 254 g/mol. The maximum Gasteiger partial charge on any atom is 0.171 e. The molecule has 0 aliphatic heterocycles. The molecule has 106 valence electrons. The fourth-order valence-electron chi connectivity index (χ4n) is 2.27. The van der Waals surface area contributed by atoms with Gasteiger partial charge in [-0.05, 0) is 31.4 Å². The van der Waals surface area contributed by atoms with Gasteiger partial charge in [0.1, 0.15) is 5.82 Å². The molecule has 5 heteroatoms. The molecule has 1 aliphatic rings. The molecule has 1 fully saturated rings. The fourth-order valence-corrected chi connectivity index (χ4v) is 2.27. The van der Waals surface area contributed by atoms with Crippen LogP contribution in [0.5, 0.6) is 11.5 Å². The van der Waals surface area contributed by atoms with Crippen molar-refractivity contribution in [2.75, 3.05) is 12.8 Å². The zero-order chi connectivity index (χ0) is 14.1. The van der Waals surface area contributed by atoms with Gasteiger partial charge < -0.3 is 15.2 Å². The monoisotopic (exact) mass is 273 g/mol. The van der Waals surface area contributed by atoms with Crippen LogP contribution in [0.4, 0.5) is 5.82 Å². The lowest BCUT2D eigenvalue weighted by atomic mass is 9.96. The smallest absolute Gasteiger partial charge is 0.171 e. The molecule has 1 aromatic heterocycles. The number of anilines is 1. The first-order chi connectivity index (χ1) is 9.69. The first kappa shape index (κ1) is 12.8. The summed E-state index contributed by atoms with van der Waals surface area (Å²) in [4.78, 5) is 0. The first-order valence-corrected chi connectivity index (χ1v) is 6.82. The Morgan fingerprint density at radius 3 is 2.70 bits per heavy atom. The van der Waals surface area contributed by atoms with Crippen molar-refractivity contribution in [2.45, 2.75) is 25.4 Å². The zero-order valence-electron chi connectivity index (χ0n) is 11.8. The lowest BCUT2D eigenvalue weighted by Crippen LogP contribution is -2.25. The molecule has 1 heterocycles. The van der Waals surface area contributed by atoms with Crippen LogP contribution in [-0.2, 0) is 7.05 Å². The van der Waals surface area contributed by atoms with E-state index >= 15 is 0 Å². The molecule has 0 saturated heterocycles. The molecule has 2 aromatic rings. The van der Waals surface area contributed by atoms with E-state index in [0.29, 0.717) is 5.82 Å². The quantitative estimate of drug-likeness (QED) is 0.930. The highest BCUT2D eigenvalue weighted by atomic mass is 16.5. The maximum atomic E-state index is 6.09. The molecule has 0 radical (unpaired) electrons. The van der Waals surface area contributed by atoms with Gasteiger partial charge in [0.05, 0.1) is 18.9 Å². The summed E-state index contributed by atoms with van der Waals surface area (Å²) in [6, 6.07) is 7.68. The SMILES string of the molecule is COc1cccc(-c2cc(N)n(C)n2)c1OC1CCC1. The van der Waals surface area contributed by atoms with Crippen molar-refractivity contribution in [3.8, 4) is 22.8 Å². The highest BCUT2D eigenvalue weighted by Gasteiger charge is 2.23. The number of nitrogens with two attached hydrogens (primary N) is 1. The van der Waals surface area contributed by atoms with Crippen LogP contribution >= 0.6 is 0 Å². The summed E-state index contributed by atoms with van der Waals surface area (Å²) in [6.45, 7) is 0. The topological polar surface area (TPSA) is 62.3 Å². The van der Waals surface area contributed by atoms with Gasteiger partial charge in [-0.3, -0.25) is 4.68 Å². The Balaban J connectivity index is 2.03. The lowest BCUT2D eigenvalue weighted by Gasteiger charge is -2.28. The molecule has 0 bridgehead atoms. The number of para-hydroxylation sites is 1. The number of rotatable bonds is 4. The molecule has 0 spiro atoms. The minimum Gasteiger partial charge on any atom is -0.493 e. The van der Waals surface area contributed by atoms with E-state index in [9.17, 15) is 0 Å². The summed E-state index contributed by atoms with van der Waals surface area (Å²) < 4.78 is 13.2. The van der Waals surface area contributed by atoms with Gasteiger partial charge in [-0.2, -0.15) is 5.10 Å². The number of hydrogen-bond acceptors (Lipinski definition) is 4. The van der Waals surface area contributed by atoms with Crippen LogP contribution in [-0.4, -0.2) is 23.0 Å². The van der Waals surface area contributed by atoms with Crippen molar-refractivity contribution in [2.24, 2.45) is 7.05 Å². The van der Waals surface area contributed by atoms with Crippen molar-refractivity contribution in [1.82, 2.24) is 9.78 Å². The highest BCUT2D eigenvalue weighted by Crippen LogP contribution is 2.40. The van der Waals surface area contributed by atoms with E-state index in [1.54, 1.807) is 11.8 Å². The van der Waals surface area contributed by atoms with Crippen LogP contribution in [0.2, 0.25) is 0 Å². The zero-order valence-corrected chi connectivity index (χ0v) is 11.8. The minimum absolute atomic E-state index is 0.283. The molecule has 1 aliphatic carbocycles. The second-order valence-electron chi connectivity index (χ2n) is 5.09. The number of aromatic nitrogens is 2. The number of ether oxygens (including phenoxy) is 2. The van der Waals surface area contributed by atoms with Crippen LogP contribution < -0.4 is 15.2 Å². The summed E-state index contributed by atoms with van der Waals surface area (Å²) in [6.07, 6.45) is 3.71. The number of hydrogen-bond donors (Lipinski definition) is 1. The number of nitrogen functional groups attached to an aromatic ring is 1. The second-order valence-corrected chi connectivity index (χ2v) is 5.09. The normalized spacial score (nSPS) is 14.9. The average Bonchev–Trinajstić information content (AvgIpc) is 2.73. The van der Waals surface area contributed by atoms with Crippen molar-refractivity contribution >= 4 is 5.82 Å². The third kappa shape index (κ3) is 2.19. The molecule has 20 heavy (non-hydrogen) atoms. The molecule has 5 nitrogen and oxygen atoms in total. The van der Waals surface area contributed by atoms with Crippen molar-refractivity contribution in [1.29, 1.82) is 0 Å². The molecule has 3 rings (SSSR count). The van der Waals surface area contributed by atoms with E-state index in [2.05, 4.69) is 5.10 Å². The predicted molar refractivity (Wildman–Crippen MR) is 77.9 cm³/mol. The number of benzene rings is 1. The lowest BCUT2D eigenvalue weighted by molar-refractivity contribution is 0.117. The summed E-state index contributed by atoms with van der Waals surface area (Å²) in [5, 5.41) is 4.42. The third-order valence-corrected chi connectivity index (χ3v) is 3.73. The summed E-state index contributed by atoms with van der Waals surface area (Å²) in [5.41, 5.74) is 7.59. The molecule has 0 amide bonds. The van der Waals surface area contributed by atoms with E-state index in [1.165, 1.54) is 6.42 Å². The molecule has 1 aromatic carbocycles. The molecule has 0 atom stereocenters. The highest BCUT2D eigenvalue weighted by molar-refractivity contribution is 5.72. The van der Waals surface area contributed by atoms with E-state index in [-0.39, 0.29) is 6.10 Å². The summed E-state index contributed by atoms with van der Waals surface area (Å²) in [5.74, 6) is 2.12. The molecule has 1 saturated carbocycles. The Morgan fingerprint density at radius 2 is 2.15 bits per heavy atom. The van der Waals surface area contributed by atoms with Gasteiger partial charge in [0, 0.05) is 18.7 Å². The Morgan fingerprint density at radius 1 is 1.35 bits per heavy atom. The fraction of sp³-hybridized carbons (Fsp3) is 0.400. The summed E-state index contributed by atoms with van der Waals surface area (Å²) in [7, 11) is 3.48. The number of methoxy groups -OCH3 is 1. The number of aryl methyl sites for hydroxylation is 1. The third-order valence-electron chi connectivity index (χ3n) is 3.73. The number of nitrogens with zero attached hydrogens (tertiary/aromatic N) is 2. The largest absolute Gasteiger partial charge is 0.493 e. The van der Waals surface area contributed by atoms with E-state index in [4.69, 9.17) is 15.2 Å². The predicted octanol–water partition coefficient (Wildman–Crippen LogP) is 2.61. The van der Waals surface area contributed by atoms with Crippen LogP contribution in [0.3, 0.4) is 0 Å². The van der Waals surface area contributed by atoms with Gasteiger partial charge in [0.15, 0.2) is 11.5 Å². The van der Waals surface area contributed by atoms with Crippen molar-refractivity contribution < 1.29 is 9.47 Å². The Bertz CT molecular complexity index is 598. The van der Waals surface area contributed by atoms with E-state index < -0.39 is 0 Å². The van der Waals surface area contributed by atoms with E-state index in [1.807, 2.05) is 31.3 Å². The standard InChI is InChI=1S/C15H19N3O2/c1-18-14(16)9-12(17-18)11-7-4-8-13(19-2)15(11)20-10-5-3-6-10/h4,7-10H,3,5-6,16H2,1-2H3. The Kier molecular flexibility index (Phi) is 3.26. The maximum absolute atomic E-state index is 6.09. The first-order valence-electron chi connectivity index (χ1n) is 6.82. The van der Waals surface area contributed by atoms with Crippen LogP contribution in [0, 0.1) is 0 Å². The van der Waals surface area contributed by atoms with Gasteiger partial charge in [0.25, 0.3) is 0 Å². The molecular formula is C15H19N3O2. The Labute approximate surface area is 118 Å². The Hall–Kier alpha value is -2.17. The van der Waals surface area contributed by atoms with Crippen molar-refractivity contribution in [3.05, 3.63) is 24.3 Å². The van der Waals surface area contributed by atoms with Gasteiger partial charge in [-0.15, -0.1) is 0 Å². The van der Waals surface area contributed by atoms with Gasteiger partial charge in [0.2, 0.25) is 0 Å². The second kappa shape index (κ2) is 5.07. The minimum atomic E-state index is 0.283. The summed E-state index contributed by atoms with van der Waals surface area (Å²) >= 11 is 0. The van der Waals surface area contributed by atoms with Crippen LogP contribution in [0.15, 0.2) is 24.3 Å². The molecule has 2 N–H and O–H groups in total. The average molecular weight is 273 g/mol. The molecule has 0 unspecified atom stereocenters. The van der Waals surface area contributed by atoms with Gasteiger partial charge in [-0.25, -0.2) is 0 Å². The van der Waals surface area contributed by atoms with Crippen LogP contribution in [0.1, 0.15) is 19.3 Å².